The third-order valence-electron chi connectivity index (χ3n) is 6.48. The van der Waals surface area contributed by atoms with E-state index in [2.05, 4.69) is 31.1 Å². The predicted octanol–water partition coefficient (Wildman–Crippen LogP) is 5.89. The number of hydrogen-bond donors (Lipinski definition) is 1. The highest BCUT2D eigenvalue weighted by molar-refractivity contribution is 9.10. The van der Waals surface area contributed by atoms with E-state index in [0.29, 0.717) is 18.0 Å². The van der Waals surface area contributed by atoms with Crippen LogP contribution in [0, 0.1) is 5.92 Å². The molecule has 3 aliphatic rings. The third-order valence-corrected chi connectivity index (χ3v) is 7.01. The summed E-state index contributed by atoms with van der Waals surface area (Å²) < 4.78 is 13.2. The van der Waals surface area contributed by atoms with Gasteiger partial charge in [-0.1, -0.05) is 34.1 Å². The summed E-state index contributed by atoms with van der Waals surface area (Å²) in [7, 11) is 0. The first-order chi connectivity index (χ1) is 16.2. The predicted molar refractivity (Wildman–Crippen MR) is 131 cm³/mol. The molecule has 1 aromatic heterocycles. The van der Waals surface area contributed by atoms with Crippen LogP contribution in [0.25, 0.3) is 0 Å². The minimum Gasteiger partial charge on any atom is -0.457 e. The van der Waals surface area contributed by atoms with Crippen LogP contribution in [0.5, 0.6) is 11.5 Å². The first kappa shape index (κ1) is 21.9. The van der Waals surface area contributed by atoms with Crippen molar-refractivity contribution >= 4 is 27.7 Å². The van der Waals surface area contributed by atoms with Crippen LogP contribution in [-0.4, -0.2) is 41.2 Å². The molecule has 3 aliphatic heterocycles. The van der Waals surface area contributed by atoms with Gasteiger partial charge in [0.2, 0.25) is 0 Å². The average molecular weight is 508 g/mol. The van der Waals surface area contributed by atoms with Crippen molar-refractivity contribution in [2.75, 3.05) is 18.4 Å². The summed E-state index contributed by atoms with van der Waals surface area (Å²) in [5.41, 5.74) is 1.73. The van der Waals surface area contributed by atoms with Gasteiger partial charge in [-0.3, -0.25) is 15.2 Å². The number of carbonyl (C=O) groups is 1. The van der Waals surface area contributed by atoms with E-state index in [-0.39, 0.29) is 12.1 Å². The number of carbonyl (C=O) groups excluding carboxylic acids is 1. The van der Waals surface area contributed by atoms with Crippen molar-refractivity contribution in [3.8, 4) is 11.5 Å². The topological polar surface area (TPSA) is 63.7 Å². The zero-order valence-corrected chi connectivity index (χ0v) is 19.8. The van der Waals surface area contributed by atoms with E-state index >= 15 is 0 Å². The number of para-hydroxylation sites is 1. The normalized spacial score (nSPS) is 23.7. The first-order valence-electron chi connectivity index (χ1n) is 11.3. The number of nitrogens with zero attached hydrogens (tertiary/aromatic N) is 2. The standard InChI is InChI=1S/C26H26BrN3O3/c27-20-6-8-21(9-7-20)29-26(31)33-25-18-11-14-30(15-12-18)23(25)16-19-17-28-13-10-24(19)32-22-4-2-1-3-5-22/h1-10,13,17-18,23,25H,11-12,14-16H2,(H,29,31)/t23-,25-/m1/s1. The fourth-order valence-corrected chi connectivity index (χ4v) is 5.10. The molecule has 0 unspecified atom stereocenters. The Morgan fingerprint density at radius 2 is 1.82 bits per heavy atom. The lowest BCUT2D eigenvalue weighted by molar-refractivity contribution is -0.0742. The number of piperidine rings is 3. The Kier molecular flexibility index (Phi) is 6.60. The maximum absolute atomic E-state index is 12.7. The molecule has 6 rings (SSSR count). The Hall–Kier alpha value is -2.90. The minimum atomic E-state index is -0.409. The lowest BCUT2D eigenvalue weighted by atomic mass is 9.78. The summed E-state index contributed by atoms with van der Waals surface area (Å²) in [5, 5.41) is 2.87. The molecule has 0 aliphatic carbocycles. The summed E-state index contributed by atoms with van der Waals surface area (Å²) >= 11 is 3.41. The van der Waals surface area contributed by atoms with Gasteiger partial charge in [-0.2, -0.15) is 0 Å². The smallest absolute Gasteiger partial charge is 0.411 e. The van der Waals surface area contributed by atoms with E-state index in [9.17, 15) is 4.79 Å². The summed E-state index contributed by atoms with van der Waals surface area (Å²) in [6.07, 6.45) is 5.83. The van der Waals surface area contributed by atoms with Crippen LogP contribution in [0.2, 0.25) is 0 Å². The zero-order valence-electron chi connectivity index (χ0n) is 18.2. The van der Waals surface area contributed by atoms with Crippen molar-refractivity contribution in [2.24, 2.45) is 5.92 Å². The molecule has 7 heteroatoms. The van der Waals surface area contributed by atoms with Crippen molar-refractivity contribution < 1.29 is 14.3 Å². The summed E-state index contributed by atoms with van der Waals surface area (Å²) in [4.78, 5) is 19.5. The van der Waals surface area contributed by atoms with Gasteiger partial charge in [0.05, 0.1) is 6.04 Å². The van der Waals surface area contributed by atoms with Gasteiger partial charge in [0, 0.05) is 34.0 Å². The molecule has 2 bridgehead atoms. The van der Waals surface area contributed by atoms with Gasteiger partial charge < -0.3 is 9.47 Å². The van der Waals surface area contributed by atoms with E-state index in [1.54, 1.807) is 6.20 Å². The number of aromatic nitrogens is 1. The Balaban J connectivity index is 1.32. The van der Waals surface area contributed by atoms with E-state index in [1.807, 2.05) is 66.9 Å². The number of halogens is 1. The number of fused-ring (bicyclic) bond motifs is 3. The zero-order chi connectivity index (χ0) is 22.6. The second-order valence-electron chi connectivity index (χ2n) is 8.55. The largest absolute Gasteiger partial charge is 0.457 e. The maximum Gasteiger partial charge on any atom is 0.411 e. The molecule has 2 aromatic carbocycles. The quantitative estimate of drug-likeness (QED) is 0.450. The van der Waals surface area contributed by atoms with E-state index < -0.39 is 6.09 Å². The molecule has 0 radical (unpaired) electrons. The number of benzene rings is 2. The summed E-state index contributed by atoms with van der Waals surface area (Å²) in [6.45, 7) is 2.05. The molecule has 3 fully saturated rings. The summed E-state index contributed by atoms with van der Waals surface area (Å²) in [6, 6.07) is 19.2. The molecule has 2 atom stereocenters. The van der Waals surface area contributed by atoms with Crippen molar-refractivity contribution in [1.82, 2.24) is 9.88 Å². The Morgan fingerprint density at radius 3 is 2.58 bits per heavy atom. The monoisotopic (exact) mass is 507 g/mol. The number of nitrogens with one attached hydrogen (secondary N) is 1. The van der Waals surface area contributed by atoms with E-state index in [1.165, 1.54) is 0 Å². The molecule has 0 spiro atoms. The van der Waals surface area contributed by atoms with Gasteiger partial charge in [-0.05, 0) is 74.8 Å². The number of ether oxygens (including phenoxy) is 2. The maximum atomic E-state index is 12.7. The molecule has 3 aromatic rings. The van der Waals surface area contributed by atoms with Gasteiger partial charge in [0.1, 0.15) is 17.6 Å². The Labute approximate surface area is 202 Å². The van der Waals surface area contributed by atoms with Gasteiger partial charge in [0.25, 0.3) is 0 Å². The molecule has 4 heterocycles. The second kappa shape index (κ2) is 9.93. The number of rotatable bonds is 6. The molecule has 1 amide bonds. The van der Waals surface area contributed by atoms with Gasteiger partial charge in [0.15, 0.2) is 0 Å². The highest BCUT2D eigenvalue weighted by atomic mass is 79.9. The number of amides is 1. The highest BCUT2D eigenvalue weighted by Crippen LogP contribution is 2.37. The average Bonchev–Trinajstić information content (AvgIpc) is 2.84. The second-order valence-corrected chi connectivity index (χ2v) is 9.46. The molecular weight excluding hydrogens is 482 g/mol. The molecular formula is C26H26BrN3O3. The van der Waals surface area contributed by atoms with Crippen LogP contribution < -0.4 is 10.1 Å². The number of anilines is 1. The molecule has 33 heavy (non-hydrogen) atoms. The van der Waals surface area contributed by atoms with Crippen LogP contribution in [-0.2, 0) is 11.2 Å². The van der Waals surface area contributed by atoms with Gasteiger partial charge >= 0.3 is 6.09 Å². The molecule has 6 nitrogen and oxygen atoms in total. The Morgan fingerprint density at radius 1 is 1.06 bits per heavy atom. The lowest BCUT2D eigenvalue weighted by Crippen LogP contribution is -2.60. The molecule has 0 saturated carbocycles. The van der Waals surface area contributed by atoms with E-state index in [0.717, 1.165) is 47.5 Å². The van der Waals surface area contributed by atoms with Crippen molar-refractivity contribution in [2.45, 2.75) is 31.4 Å². The lowest BCUT2D eigenvalue weighted by Gasteiger charge is -2.50. The fourth-order valence-electron chi connectivity index (χ4n) is 4.83. The first-order valence-corrected chi connectivity index (χ1v) is 12.1. The van der Waals surface area contributed by atoms with Crippen molar-refractivity contribution in [3.63, 3.8) is 0 Å². The van der Waals surface area contributed by atoms with Gasteiger partial charge in [-0.15, -0.1) is 0 Å². The van der Waals surface area contributed by atoms with Crippen LogP contribution in [0.1, 0.15) is 18.4 Å². The van der Waals surface area contributed by atoms with E-state index in [4.69, 9.17) is 9.47 Å². The van der Waals surface area contributed by atoms with Crippen LogP contribution in [0.15, 0.2) is 77.5 Å². The number of pyridine rings is 1. The minimum absolute atomic E-state index is 0.0930. The van der Waals surface area contributed by atoms with Crippen LogP contribution in [0.4, 0.5) is 10.5 Å². The fraction of sp³-hybridized carbons (Fsp3) is 0.308. The molecule has 3 saturated heterocycles. The molecule has 170 valence electrons. The Bertz CT molecular complexity index is 1090. The SMILES string of the molecule is O=C(Nc1ccc(Br)cc1)O[C@@H]1C2CCN(CC2)[C@@H]1Cc1cnccc1Oc1ccccc1. The van der Waals surface area contributed by atoms with Crippen molar-refractivity contribution in [1.29, 1.82) is 0 Å². The van der Waals surface area contributed by atoms with Gasteiger partial charge in [-0.25, -0.2) is 4.79 Å². The van der Waals surface area contributed by atoms with Crippen molar-refractivity contribution in [3.05, 3.63) is 83.1 Å². The van der Waals surface area contributed by atoms with Crippen LogP contribution in [0.3, 0.4) is 0 Å². The third kappa shape index (κ3) is 5.20. The highest BCUT2D eigenvalue weighted by Gasteiger charge is 2.44. The number of hydrogen-bond acceptors (Lipinski definition) is 5. The van der Waals surface area contributed by atoms with Crippen LogP contribution >= 0.6 is 15.9 Å². The summed E-state index contributed by atoms with van der Waals surface area (Å²) in [5.74, 6) is 1.94. The molecule has 1 N–H and O–H groups in total.